The van der Waals surface area contributed by atoms with Crippen LogP contribution in [0.25, 0.3) is 0 Å². The van der Waals surface area contributed by atoms with Crippen LogP contribution in [-0.4, -0.2) is 87.5 Å². The van der Waals surface area contributed by atoms with Crippen molar-refractivity contribution in [2.45, 2.75) is 0 Å². The zero-order valence-corrected chi connectivity index (χ0v) is 14.9. The second-order valence-electron chi connectivity index (χ2n) is 7.55. The lowest BCUT2D eigenvalue weighted by molar-refractivity contribution is -0.849. The van der Waals surface area contributed by atoms with Gasteiger partial charge in [0, 0.05) is 0 Å². The molecule has 1 rings (SSSR count). The SMILES string of the molecule is C[N+](C)(C)C.C[N+](C)(C)C.O=C(O)c1ccc(C(=O)O)cc1. The minimum atomic E-state index is -1.06. The summed E-state index contributed by atoms with van der Waals surface area (Å²) >= 11 is 0. The first-order valence-corrected chi connectivity index (χ1v) is 6.75. The summed E-state index contributed by atoms with van der Waals surface area (Å²) in [6, 6.07) is 5.02. The highest BCUT2D eigenvalue weighted by Crippen LogP contribution is 2.03. The molecule has 0 saturated carbocycles. The topological polar surface area (TPSA) is 74.6 Å². The molecule has 1 aromatic rings. The molecule has 0 amide bonds. The van der Waals surface area contributed by atoms with Crippen LogP contribution in [0.5, 0.6) is 0 Å². The van der Waals surface area contributed by atoms with E-state index in [2.05, 4.69) is 56.4 Å². The summed E-state index contributed by atoms with van der Waals surface area (Å²) < 4.78 is 2.00. The van der Waals surface area contributed by atoms with Gasteiger partial charge in [-0.1, -0.05) is 0 Å². The number of hydrogen-bond acceptors (Lipinski definition) is 2. The number of rotatable bonds is 2. The minimum Gasteiger partial charge on any atom is -0.478 e. The first-order valence-electron chi connectivity index (χ1n) is 6.75. The number of carbonyl (C=O) groups is 2. The number of nitrogens with zero attached hydrogens (tertiary/aromatic N) is 2. The van der Waals surface area contributed by atoms with Crippen LogP contribution in [0.2, 0.25) is 0 Å². The summed E-state index contributed by atoms with van der Waals surface area (Å²) in [5.41, 5.74) is 0.167. The quantitative estimate of drug-likeness (QED) is 0.815. The fraction of sp³-hybridized carbons (Fsp3) is 0.500. The van der Waals surface area contributed by atoms with Crippen LogP contribution in [0.3, 0.4) is 0 Å². The van der Waals surface area contributed by atoms with Crippen LogP contribution >= 0.6 is 0 Å². The molecule has 0 spiro atoms. The molecule has 0 unspecified atom stereocenters. The highest BCUT2D eigenvalue weighted by molar-refractivity contribution is 5.91. The van der Waals surface area contributed by atoms with E-state index in [9.17, 15) is 9.59 Å². The number of quaternary nitrogens is 2. The fourth-order valence-electron chi connectivity index (χ4n) is 0.755. The molecule has 6 heteroatoms. The Labute approximate surface area is 133 Å². The normalized spacial score (nSPS) is 10.5. The monoisotopic (exact) mass is 314 g/mol. The van der Waals surface area contributed by atoms with Crippen molar-refractivity contribution in [2.24, 2.45) is 0 Å². The lowest BCUT2D eigenvalue weighted by Gasteiger charge is -2.14. The maximum Gasteiger partial charge on any atom is 0.335 e. The molecule has 2 N–H and O–H groups in total. The average Bonchev–Trinajstić information content (AvgIpc) is 2.24. The van der Waals surface area contributed by atoms with E-state index in [-0.39, 0.29) is 11.1 Å². The molecule has 6 nitrogen and oxygen atoms in total. The van der Waals surface area contributed by atoms with Crippen LogP contribution in [0, 0.1) is 0 Å². The van der Waals surface area contributed by atoms with Crippen molar-refractivity contribution in [2.75, 3.05) is 56.4 Å². The third kappa shape index (κ3) is 20.4. The second-order valence-corrected chi connectivity index (χ2v) is 7.55. The molecular weight excluding hydrogens is 284 g/mol. The molecular formula is C16H30N2O4+2. The molecule has 0 heterocycles. The molecule has 0 aliphatic rings. The van der Waals surface area contributed by atoms with Crippen molar-refractivity contribution in [3.63, 3.8) is 0 Å². The number of benzene rings is 1. The molecule has 126 valence electrons. The predicted octanol–water partition coefficient (Wildman–Crippen LogP) is 1.73. The van der Waals surface area contributed by atoms with E-state index in [4.69, 9.17) is 10.2 Å². The molecule has 22 heavy (non-hydrogen) atoms. The molecule has 0 bridgehead atoms. The smallest absolute Gasteiger partial charge is 0.335 e. The Morgan fingerprint density at radius 1 is 0.636 bits per heavy atom. The maximum absolute atomic E-state index is 10.3. The van der Waals surface area contributed by atoms with Crippen molar-refractivity contribution < 1.29 is 28.8 Å². The summed E-state index contributed by atoms with van der Waals surface area (Å²) in [4.78, 5) is 20.7. The van der Waals surface area contributed by atoms with Gasteiger partial charge in [0.2, 0.25) is 0 Å². The van der Waals surface area contributed by atoms with E-state index >= 15 is 0 Å². The van der Waals surface area contributed by atoms with Gasteiger partial charge in [0.05, 0.1) is 67.5 Å². The number of carboxylic acids is 2. The van der Waals surface area contributed by atoms with Crippen LogP contribution < -0.4 is 0 Å². The predicted molar refractivity (Wildman–Crippen MR) is 88.3 cm³/mol. The van der Waals surface area contributed by atoms with Gasteiger partial charge in [-0.15, -0.1) is 0 Å². The van der Waals surface area contributed by atoms with Gasteiger partial charge in [-0.2, -0.15) is 0 Å². The van der Waals surface area contributed by atoms with E-state index in [1.165, 1.54) is 24.3 Å². The first kappa shape index (κ1) is 22.4. The van der Waals surface area contributed by atoms with Crippen molar-refractivity contribution in [3.05, 3.63) is 35.4 Å². The average molecular weight is 314 g/mol. The van der Waals surface area contributed by atoms with E-state index in [1.54, 1.807) is 0 Å². The maximum atomic E-state index is 10.3. The van der Waals surface area contributed by atoms with Gasteiger partial charge in [0.1, 0.15) is 0 Å². The van der Waals surface area contributed by atoms with E-state index in [0.29, 0.717) is 0 Å². The van der Waals surface area contributed by atoms with Gasteiger partial charge >= 0.3 is 11.9 Å². The molecule has 0 atom stereocenters. The molecule has 0 saturated heterocycles. The second kappa shape index (κ2) is 9.17. The molecule has 1 aromatic carbocycles. The van der Waals surface area contributed by atoms with Crippen molar-refractivity contribution in [1.82, 2.24) is 0 Å². The summed E-state index contributed by atoms with van der Waals surface area (Å²) in [7, 11) is 17.0. The first-order chi connectivity index (χ1) is 9.61. The van der Waals surface area contributed by atoms with E-state index < -0.39 is 11.9 Å². The lowest BCUT2D eigenvalue weighted by atomic mass is 10.1. The Kier molecular flexibility index (Phi) is 9.32. The van der Waals surface area contributed by atoms with Gasteiger partial charge in [-0.25, -0.2) is 9.59 Å². The van der Waals surface area contributed by atoms with Gasteiger partial charge < -0.3 is 19.2 Å². The Morgan fingerprint density at radius 2 is 0.773 bits per heavy atom. The summed E-state index contributed by atoms with van der Waals surface area (Å²) in [6.45, 7) is 0. The van der Waals surface area contributed by atoms with E-state index in [1.807, 2.05) is 0 Å². The highest BCUT2D eigenvalue weighted by atomic mass is 16.4. The summed E-state index contributed by atoms with van der Waals surface area (Å²) in [5.74, 6) is -2.13. The highest BCUT2D eigenvalue weighted by Gasteiger charge is 2.04. The zero-order chi connectivity index (χ0) is 18.1. The van der Waals surface area contributed by atoms with Crippen LogP contribution in [0.15, 0.2) is 24.3 Å². The number of carboxylic acid groups (broad SMARTS) is 2. The van der Waals surface area contributed by atoms with E-state index in [0.717, 1.165) is 8.97 Å². The Bertz CT molecular complexity index is 411. The molecule has 0 aliphatic heterocycles. The van der Waals surface area contributed by atoms with Crippen molar-refractivity contribution in [3.8, 4) is 0 Å². The van der Waals surface area contributed by atoms with Crippen molar-refractivity contribution >= 4 is 11.9 Å². The van der Waals surface area contributed by atoms with Gasteiger partial charge in [0.15, 0.2) is 0 Å². The molecule has 0 aromatic heterocycles. The Morgan fingerprint density at radius 3 is 0.864 bits per heavy atom. The lowest BCUT2D eigenvalue weighted by Crippen LogP contribution is -2.27. The Balaban J connectivity index is 0. The molecule has 0 fully saturated rings. The molecule has 0 aliphatic carbocycles. The van der Waals surface area contributed by atoms with Crippen LogP contribution in [-0.2, 0) is 0 Å². The van der Waals surface area contributed by atoms with Gasteiger partial charge in [-0.05, 0) is 24.3 Å². The number of aromatic carboxylic acids is 2. The third-order valence-electron chi connectivity index (χ3n) is 1.38. The van der Waals surface area contributed by atoms with Crippen LogP contribution in [0.1, 0.15) is 20.7 Å². The summed E-state index contributed by atoms with van der Waals surface area (Å²) in [5, 5.41) is 16.9. The third-order valence-corrected chi connectivity index (χ3v) is 1.38. The fourth-order valence-corrected chi connectivity index (χ4v) is 0.755. The largest absolute Gasteiger partial charge is 0.478 e. The van der Waals surface area contributed by atoms with Crippen LogP contribution in [0.4, 0.5) is 0 Å². The summed E-state index contributed by atoms with van der Waals surface area (Å²) in [6.07, 6.45) is 0. The van der Waals surface area contributed by atoms with Gasteiger partial charge in [0.25, 0.3) is 0 Å². The minimum absolute atomic E-state index is 0.0833. The standard InChI is InChI=1S/C8H6O4.2C4H12N/c9-7(10)5-1-2-6(4-3-5)8(11)12;2*1-5(2,3)4/h1-4H,(H,9,10)(H,11,12);2*1-4H3/q;2*+1. The zero-order valence-electron chi connectivity index (χ0n) is 14.9. The van der Waals surface area contributed by atoms with Crippen molar-refractivity contribution in [1.29, 1.82) is 0 Å². The Hall–Kier alpha value is -1.92. The molecule has 0 radical (unpaired) electrons. The van der Waals surface area contributed by atoms with Gasteiger partial charge in [-0.3, -0.25) is 0 Å². The number of hydrogen-bond donors (Lipinski definition) is 2.